The van der Waals surface area contributed by atoms with Gasteiger partial charge in [-0.3, -0.25) is 4.79 Å². The number of esters is 1. The third-order valence-electron chi connectivity index (χ3n) is 3.11. The maximum Gasteiger partial charge on any atom is 0.416 e. The van der Waals surface area contributed by atoms with Crippen molar-refractivity contribution >= 4 is 29.2 Å². The normalized spacial score (nSPS) is 12.4. The Balaban J connectivity index is 1.98. The highest BCUT2D eigenvalue weighted by atomic mass is 35.5. The number of hydrogen-bond donors (Lipinski definition) is 1. The molecular weight excluding hydrogens is 361 g/mol. The number of carbonyl (C=O) groups excluding carboxylic acids is 2. The van der Waals surface area contributed by atoms with Crippen molar-refractivity contribution in [3.63, 3.8) is 0 Å². The Kier molecular flexibility index (Phi) is 5.63. The van der Waals surface area contributed by atoms with Crippen LogP contribution in [0.1, 0.15) is 22.8 Å². The van der Waals surface area contributed by atoms with Crippen molar-refractivity contribution in [2.75, 3.05) is 5.32 Å². The van der Waals surface area contributed by atoms with Crippen LogP contribution in [-0.2, 0) is 15.7 Å². The quantitative estimate of drug-likeness (QED) is 0.652. The second-order valence-corrected chi connectivity index (χ2v) is 5.31. The summed E-state index contributed by atoms with van der Waals surface area (Å²) in [6, 6.07) is 6.75. The number of aromatic nitrogens is 1. The molecule has 0 aliphatic heterocycles. The summed E-state index contributed by atoms with van der Waals surface area (Å²) in [5, 5.41) is 2.29. The highest BCUT2D eigenvalue weighted by molar-refractivity contribution is 6.32. The van der Waals surface area contributed by atoms with Gasteiger partial charge in [0.05, 0.1) is 11.1 Å². The van der Waals surface area contributed by atoms with E-state index in [1.54, 1.807) is 0 Å². The van der Waals surface area contributed by atoms with E-state index in [9.17, 15) is 22.8 Å². The van der Waals surface area contributed by atoms with Gasteiger partial charge in [-0.05, 0) is 43.3 Å². The zero-order valence-electron chi connectivity index (χ0n) is 12.8. The fraction of sp³-hybridized carbons (Fsp3) is 0.188. The van der Waals surface area contributed by atoms with Crippen molar-refractivity contribution in [2.24, 2.45) is 0 Å². The van der Waals surface area contributed by atoms with E-state index in [1.165, 1.54) is 25.3 Å². The average Bonchev–Trinajstić information content (AvgIpc) is 2.54. The molecule has 5 nitrogen and oxygen atoms in total. The van der Waals surface area contributed by atoms with E-state index in [0.717, 1.165) is 24.3 Å². The lowest BCUT2D eigenvalue weighted by Crippen LogP contribution is -2.30. The lowest BCUT2D eigenvalue weighted by molar-refractivity contribution is -0.137. The van der Waals surface area contributed by atoms with Gasteiger partial charge in [-0.25, -0.2) is 9.78 Å². The van der Waals surface area contributed by atoms with E-state index in [-0.39, 0.29) is 16.4 Å². The smallest absolute Gasteiger partial charge is 0.416 e. The Labute approximate surface area is 145 Å². The lowest BCUT2D eigenvalue weighted by atomic mass is 10.2. The summed E-state index contributed by atoms with van der Waals surface area (Å²) in [5.74, 6) is -1.54. The second kappa shape index (κ2) is 7.52. The van der Waals surface area contributed by atoms with Gasteiger partial charge in [0.25, 0.3) is 5.91 Å². The molecule has 0 bridgehead atoms. The molecule has 132 valence electrons. The fourth-order valence-corrected chi connectivity index (χ4v) is 2.00. The number of anilines is 1. The van der Waals surface area contributed by atoms with Crippen LogP contribution >= 0.6 is 11.6 Å². The maximum absolute atomic E-state index is 12.5. The summed E-state index contributed by atoms with van der Waals surface area (Å²) >= 11 is 5.76. The van der Waals surface area contributed by atoms with Crippen molar-refractivity contribution < 1.29 is 27.5 Å². The number of alkyl halides is 3. The Bertz CT molecular complexity index is 779. The molecule has 0 spiro atoms. The molecule has 1 amide bonds. The minimum atomic E-state index is -4.46. The number of halogens is 4. The predicted molar refractivity (Wildman–Crippen MR) is 84.2 cm³/mol. The van der Waals surface area contributed by atoms with Crippen molar-refractivity contribution in [1.29, 1.82) is 0 Å². The van der Waals surface area contributed by atoms with E-state index in [1.807, 2.05) is 0 Å². The third kappa shape index (κ3) is 4.93. The molecule has 1 N–H and O–H groups in total. The lowest BCUT2D eigenvalue weighted by Gasteiger charge is -2.14. The van der Waals surface area contributed by atoms with Gasteiger partial charge in [0.2, 0.25) is 0 Å². The van der Waals surface area contributed by atoms with Crippen LogP contribution < -0.4 is 5.32 Å². The topological polar surface area (TPSA) is 68.3 Å². The van der Waals surface area contributed by atoms with Gasteiger partial charge in [-0.15, -0.1) is 0 Å². The molecule has 1 aromatic heterocycles. The molecule has 1 unspecified atom stereocenters. The van der Waals surface area contributed by atoms with Crippen LogP contribution in [0.25, 0.3) is 0 Å². The van der Waals surface area contributed by atoms with Crippen molar-refractivity contribution in [3.8, 4) is 0 Å². The van der Waals surface area contributed by atoms with E-state index in [0.29, 0.717) is 0 Å². The molecule has 0 saturated heterocycles. The van der Waals surface area contributed by atoms with Gasteiger partial charge in [-0.2, -0.15) is 13.2 Å². The Morgan fingerprint density at radius 3 is 2.40 bits per heavy atom. The minimum Gasteiger partial charge on any atom is -0.449 e. The van der Waals surface area contributed by atoms with Crippen LogP contribution in [0.3, 0.4) is 0 Å². The van der Waals surface area contributed by atoms with E-state index < -0.39 is 29.7 Å². The monoisotopic (exact) mass is 372 g/mol. The molecule has 0 saturated carbocycles. The highest BCUT2D eigenvalue weighted by Gasteiger charge is 2.30. The summed E-state index contributed by atoms with van der Waals surface area (Å²) in [7, 11) is 0. The van der Waals surface area contributed by atoms with Crippen molar-refractivity contribution in [2.45, 2.75) is 19.2 Å². The number of carbonyl (C=O) groups is 2. The summed E-state index contributed by atoms with van der Waals surface area (Å²) in [5.41, 5.74) is -0.699. The molecule has 0 aliphatic rings. The molecule has 1 heterocycles. The Morgan fingerprint density at radius 2 is 1.84 bits per heavy atom. The maximum atomic E-state index is 12.5. The van der Waals surface area contributed by atoms with Crippen molar-refractivity contribution in [3.05, 3.63) is 58.9 Å². The fourth-order valence-electron chi connectivity index (χ4n) is 1.80. The number of rotatable bonds is 4. The van der Waals surface area contributed by atoms with Gasteiger partial charge < -0.3 is 10.1 Å². The van der Waals surface area contributed by atoms with Crippen LogP contribution in [0.5, 0.6) is 0 Å². The largest absolute Gasteiger partial charge is 0.449 e. The number of nitrogens with zero attached hydrogens (tertiary/aromatic N) is 1. The molecule has 25 heavy (non-hydrogen) atoms. The summed E-state index contributed by atoms with van der Waals surface area (Å²) in [4.78, 5) is 27.6. The molecular formula is C16H12ClF3N2O3. The number of pyridine rings is 1. The standard InChI is InChI=1S/C16H12ClF3N2O3/c1-9(25-15(24)12-3-2-8-21-13(12)17)14(23)22-11-6-4-10(5-7-11)16(18,19)20/h2-9H,1H3,(H,22,23). The first-order valence-corrected chi connectivity index (χ1v) is 7.36. The van der Waals surface area contributed by atoms with Crippen LogP contribution in [0.2, 0.25) is 5.15 Å². The summed E-state index contributed by atoms with van der Waals surface area (Å²) in [6.45, 7) is 1.32. The summed E-state index contributed by atoms with van der Waals surface area (Å²) in [6.07, 6.45) is -4.26. The molecule has 0 radical (unpaired) electrons. The Morgan fingerprint density at radius 1 is 1.20 bits per heavy atom. The van der Waals surface area contributed by atoms with Crippen LogP contribution in [0, 0.1) is 0 Å². The number of ether oxygens (including phenoxy) is 1. The number of benzene rings is 1. The first-order valence-electron chi connectivity index (χ1n) is 6.98. The van der Waals surface area contributed by atoms with Crippen molar-refractivity contribution in [1.82, 2.24) is 4.98 Å². The van der Waals surface area contributed by atoms with E-state index >= 15 is 0 Å². The van der Waals surface area contributed by atoms with Gasteiger partial charge in [0.1, 0.15) is 5.15 Å². The van der Waals surface area contributed by atoms with Crippen LogP contribution in [0.15, 0.2) is 42.6 Å². The molecule has 2 aromatic rings. The molecule has 0 aliphatic carbocycles. The molecule has 1 aromatic carbocycles. The van der Waals surface area contributed by atoms with E-state index in [4.69, 9.17) is 16.3 Å². The number of amides is 1. The predicted octanol–water partition coefficient (Wildman–Crippen LogP) is 3.94. The summed E-state index contributed by atoms with van der Waals surface area (Å²) < 4.78 is 42.4. The van der Waals surface area contributed by atoms with Gasteiger partial charge in [-0.1, -0.05) is 11.6 Å². The Hall–Kier alpha value is -2.61. The number of hydrogen-bond acceptors (Lipinski definition) is 4. The van der Waals surface area contributed by atoms with Gasteiger partial charge in [0.15, 0.2) is 6.10 Å². The highest BCUT2D eigenvalue weighted by Crippen LogP contribution is 2.29. The zero-order chi connectivity index (χ0) is 18.6. The molecule has 1 atom stereocenters. The molecule has 2 rings (SSSR count). The zero-order valence-corrected chi connectivity index (χ0v) is 13.6. The van der Waals surface area contributed by atoms with Crippen LogP contribution in [-0.4, -0.2) is 23.0 Å². The SMILES string of the molecule is CC(OC(=O)c1cccnc1Cl)C(=O)Nc1ccc(C(F)(F)F)cc1. The second-order valence-electron chi connectivity index (χ2n) is 4.95. The van der Waals surface area contributed by atoms with Gasteiger partial charge >= 0.3 is 12.1 Å². The molecule has 9 heteroatoms. The third-order valence-corrected chi connectivity index (χ3v) is 3.41. The van der Waals surface area contributed by atoms with E-state index in [2.05, 4.69) is 10.3 Å². The first-order chi connectivity index (χ1) is 11.7. The average molecular weight is 373 g/mol. The minimum absolute atomic E-state index is 0.00153. The van der Waals surface area contributed by atoms with Crippen LogP contribution in [0.4, 0.5) is 18.9 Å². The first kappa shape index (κ1) is 18.7. The number of nitrogens with one attached hydrogen (secondary N) is 1. The molecule has 0 fully saturated rings. The van der Waals surface area contributed by atoms with Gasteiger partial charge in [0, 0.05) is 11.9 Å².